The number of methoxy groups -OCH3 is 1. The molecule has 23 heavy (non-hydrogen) atoms. The molecule has 0 spiro atoms. The molecule has 1 aliphatic carbocycles. The first-order valence-corrected chi connectivity index (χ1v) is 9.03. The molecule has 0 aliphatic heterocycles. The highest BCUT2D eigenvalue weighted by Crippen LogP contribution is 2.39. The second-order valence-corrected chi connectivity index (χ2v) is 7.26. The van der Waals surface area contributed by atoms with Crippen molar-refractivity contribution in [1.29, 1.82) is 0 Å². The Balaban J connectivity index is 1.71. The summed E-state index contributed by atoms with van der Waals surface area (Å²) in [4.78, 5) is 29.6. The van der Waals surface area contributed by atoms with E-state index in [-0.39, 0.29) is 17.6 Å². The third kappa shape index (κ3) is 3.28. The molecule has 2 aromatic rings. The highest BCUT2D eigenvalue weighted by Gasteiger charge is 2.27. The maximum atomic E-state index is 12.2. The first-order chi connectivity index (χ1) is 11.1. The summed E-state index contributed by atoms with van der Waals surface area (Å²) >= 11 is 2.84. The number of imidazole rings is 1. The number of ether oxygens (including phenoxy) is 1. The Kier molecular flexibility index (Phi) is 4.72. The van der Waals surface area contributed by atoms with E-state index in [0.29, 0.717) is 10.6 Å². The maximum absolute atomic E-state index is 12.2. The lowest BCUT2D eigenvalue weighted by atomic mass is 10.1. The zero-order valence-corrected chi connectivity index (χ0v) is 14.6. The van der Waals surface area contributed by atoms with Crippen molar-refractivity contribution in [3.05, 3.63) is 28.4 Å². The van der Waals surface area contributed by atoms with E-state index >= 15 is 0 Å². The number of esters is 1. The van der Waals surface area contributed by atoms with Gasteiger partial charge in [0.05, 0.1) is 18.4 Å². The molecule has 0 atom stereocenters. The number of nitrogens with one attached hydrogen (secondary N) is 1. The highest BCUT2D eigenvalue weighted by atomic mass is 32.2. The molecule has 2 heterocycles. The number of hydrogen-bond acceptors (Lipinski definition) is 6. The van der Waals surface area contributed by atoms with E-state index in [4.69, 9.17) is 4.74 Å². The summed E-state index contributed by atoms with van der Waals surface area (Å²) in [5.74, 6) is -0.284. The Morgan fingerprint density at radius 1 is 1.48 bits per heavy atom. The number of thiophene rings is 1. The van der Waals surface area contributed by atoms with Gasteiger partial charge >= 0.3 is 5.97 Å². The van der Waals surface area contributed by atoms with Gasteiger partial charge in [-0.1, -0.05) is 11.8 Å². The largest absolute Gasteiger partial charge is 0.465 e. The van der Waals surface area contributed by atoms with Gasteiger partial charge in [-0.15, -0.1) is 11.3 Å². The quantitative estimate of drug-likeness (QED) is 0.662. The van der Waals surface area contributed by atoms with Crippen LogP contribution in [0.3, 0.4) is 0 Å². The van der Waals surface area contributed by atoms with Gasteiger partial charge < -0.3 is 14.6 Å². The molecule has 2 aromatic heterocycles. The Hall–Kier alpha value is -1.80. The van der Waals surface area contributed by atoms with E-state index in [1.165, 1.54) is 35.1 Å². The number of rotatable bonds is 5. The van der Waals surface area contributed by atoms with Crippen LogP contribution in [0.1, 0.15) is 27.2 Å². The van der Waals surface area contributed by atoms with E-state index in [2.05, 4.69) is 10.3 Å². The van der Waals surface area contributed by atoms with Crippen LogP contribution in [0, 0.1) is 0 Å². The lowest BCUT2D eigenvalue weighted by molar-refractivity contribution is -0.113. The Morgan fingerprint density at radius 2 is 2.30 bits per heavy atom. The zero-order chi connectivity index (χ0) is 16.4. The first-order valence-electron chi connectivity index (χ1n) is 7.23. The normalized spacial score (nSPS) is 13.0. The van der Waals surface area contributed by atoms with E-state index in [1.807, 2.05) is 17.8 Å². The van der Waals surface area contributed by atoms with Crippen molar-refractivity contribution >= 4 is 40.0 Å². The summed E-state index contributed by atoms with van der Waals surface area (Å²) in [6, 6.07) is 0. The van der Waals surface area contributed by atoms with Crippen LogP contribution in [-0.2, 0) is 29.4 Å². The van der Waals surface area contributed by atoms with Crippen molar-refractivity contribution in [1.82, 2.24) is 9.55 Å². The lowest BCUT2D eigenvalue weighted by Crippen LogP contribution is -2.16. The Bertz CT molecular complexity index is 751. The molecule has 8 heteroatoms. The number of aromatic nitrogens is 2. The number of hydrogen-bond donors (Lipinski definition) is 1. The second kappa shape index (κ2) is 6.76. The van der Waals surface area contributed by atoms with Crippen molar-refractivity contribution in [2.75, 3.05) is 18.2 Å². The van der Waals surface area contributed by atoms with E-state index < -0.39 is 0 Å². The predicted molar refractivity (Wildman–Crippen MR) is 90.2 cm³/mol. The zero-order valence-electron chi connectivity index (χ0n) is 12.9. The molecule has 122 valence electrons. The van der Waals surface area contributed by atoms with Crippen molar-refractivity contribution in [3.8, 4) is 0 Å². The second-order valence-electron chi connectivity index (χ2n) is 5.21. The molecule has 0 unspecified atom stereocenters. The van der Waals surface area contributed by atoms with Gasteiger partial charge in [0.25, 0.3) is 0 Å². The monoisotopic (exact) mass is 351 g/mol. The maximum Gasteiger partial charge on any atom is 0.341 e. The topological polar surface area (TPSA) is 73.2 Å². The van der Waals surface area contributed by atoms with Gasteiger partial charge in [-0.2, -0.15) is 0 Å². The smallest absolute Gasteiger partial charge is 0.341 e. The average molecular weight is 351 g/mol. The number of aryl methyl sites for hydroxylation is 2. The van der Waals surface area contributed by atoms with Crippen molar-refractivity contribution < 1.29 is 14.3 Å². The van der Waals surface area contributed by atoms with Gasteiger partial charge in [0, 0.05) is 24.3 Å². The van der Waals surface area contributed by atoms with Crippen molar-refractivity contribution in [3.63, 3.8) is 0 Å². The molecule has 0 bridgehead atoms. The van der Waals surface area contributed by atoms with Crippen molar-refractivity contribution in [2.24, 2.45) is 7.05 Å². The minimum Gasteiger partial charge on any atom is -0.465 e. The molecular formula is C15H17N3O3S2. The molecule has 1 amide bonds. The number of fused-ring (bicyclic) bond motifs is 1. The molecule has 0 radical (unpaired) electrons. The van der Waals surface area contributed by atoms with Crippen LogP contribution in [0.2, 0.25) is 0 Å². The molecule has 6 nitrogen and oxygen atoms in total. The molecule has 3 rings (SSSR count). The highest BCUT2D eigenvalue weighted by molar-refractivity contribution is 7.99. The first kappa shape index (κ1) is 16.1. The number of thioether (sulfide) groups is 1. The third-order valence-electron chi connectivity index (χ3n) is 3.67. The van der Waals surface area contributed by atoms with Crippen LogP contribution in [0.5, 0.6) is 0 Å². The van der Waals surface area contributed by atoms with E-state index in [0.717, 1.165) is 30.0 Å². The fourth-order valence-electron chi connectivity index (χ4n) is 2.59. The van der Waals surface area contributed by atoms with Crippen LogP contribution in [0.15, 0.2) is 17.6 Å². The third-order valence-corrected chi connectivity index (χ3v) is 5.94. The number of nitrogens with zero attached hydrogens (tertiary/aromatic N) is 2. The van der Waals surface area contributed by atoms with Gasteiger partial charge in [0.15, 0.2) is 5.16 Å². The fraction of sp³-hybridized carbons (Fsp3) is 0.400. The van der Waals surface area contributed by atoms with Gasteiger partial charge in [-0.3, -0.25) is 4.79 Å². The lowest BCUT2D eigenvalue weighted by Gasteiger charge is -2.07. The summed E-state index contributed by atoms with van der Waals surface area (Å²) in [5.41, 5.74) is 1.56. The minimum atomic E-state index is -0.378. The van der Waals surface area contributed by atoms with Crippen LogP contribution >= 0.6 is 23.1 Å². The number of carbonyl (C=O) groups excluding carboxylic acids is 2. The van der Waals surface area contributed by atoms with Crippen LogP contribution < -0.4 is 5.32 Å². The standard InChI is InChI=1S/C15H17N3O3S2/c1-18-7-6-16-15(18)22-8-11(19)17-13-12(14(20)21-2)9-4-3-5-10(9)23-13/h6-7H,3-5,8H2,1-2H3,(H,17,19). The fourth-order valence-corrected chi connectivity index (χ4v) is 4.62. The summed E-state index contributed by atoms with van der Waals surface area (Å²) in [7, 11) is 3.25. The summed E-state index contributed by atoms with van der Waals surface area (Å²) < 4.78 is 6.73. The summed E-state index contributed by atoms with van der Waals surface area (Å²) in [6.45, 7) is 0. The number of anilines is 1. The van der Waals surface area contributed by atoms with Gasteiger partial charge in [-0.25, -0.2) is 9.78 Å². The van der Waals surface area contributed by atoms with Gasteiger partial charge in [0.1, 0.15) is 5.00 Å². The molecule has 0 saturated carbocycles. The molecule has 1 aliphatic rings. The van der Waals surface area contributed by atoms with Gasteiger partial charge in [-0.05, 0) is 24.8 Å². The summed E-state index contributed by atoms with van der Waals surface area (Å²) in [6.07, 6.45) is 6.41. The van der Waals surface area contributed by atoms with E-state index in [1.54, 1.807) is 6.20 Å². The molecule has 0 fully saturated rings. The van der Waals surface area contributed by atoms with Crippen LogP contribution in [0.25, 0.3) is 0 Å². The molecule has 0 saturated heterocycles. The number of carbonyl (C=O) groups is 2. The summed E-state index contributed by atoms with van der Waals surface area (Å²) in [5, 5.41) is 4.24. The van der Waals surface area contributed by atoms with Gasteiger partial charge in [0.2, 0.25) is 5.91 Å². The Morgan fingerprint density at radius 3 is 3.00 bits per heavy atom. The average Bonchev–Trinajstić information content (AvgIpc) is 3.20. The minimum absolute atomic E-state index is 0.150. The Labute approximate surface area is 142 Å². The molecule has 0 aromatic carbocycles. The van der Waals surface area contributed by atoms with Crippen LogP contribution in [0.4, 0.5) is 5.00 Å². The van der Waals surface area contributed by atoms with Crippen molar-refractivity contribution in [2.45, 2.75) is 24.4 Å². The number of amides is 1. The SMILES string of the molecule is COC(=O)c1c(NC(=O)CSc2nccn2C)sc2c1CCC2. The molecule has 1 N–H and O–H groups in total. The van der Waals surface area contributed by atoms with E-state index in [9.17, 15) is 9.59 Å². The van der Waals surface area contributed by atoms with Crippen LogP contribution in [-0.4, -0.2) is 34.3 Å². The predicted octanol–water partition coefficient (Wildman–Crippen LogP) is 2.49. The molecular weight excluding hydrogens is 334 g/mol.